The van der Waals surface area contributed by atoms with Crippen LogP contribution in [0.4, 0.5) is 0 Å². The molecule has 0 aliphatic carbocycles. The van der Waals surface area contributed by atoms with E-state index in [1.165, 1.54) is 7.11 Å². The number of carbonyl (C=O) groups is 1. The Morgan fingerprint density at radius 2 is 2.38 bits per heavy atom. The number of carbonyl (C=O) groups excluding carboxylic acids is 1. The predicted octanol–water partition coefficient (Wildman–Crippen LogP) is 1.73. The molecule has 0 saturated heterocycles. The lowest BCUT2D eigenvalue weighted by atomic mass is 10.0. The molecule has 0 radical (unpaired) electrons. The third kappa shape index (κ3) is 1.71. The third-order valence-corrected chi connectivity index (χ3v) is 2.56. The highest BCUT2D eigenvalue weighted by Gasteiger charge is 2.33. The van der Waals surface area contributed by atoms with Crippen molar-refractivity contribution in [1.82, 2.24) is 0 Å². The van der Waals surface area contributed by atoms with E-state index in [1.807, 2.05) is 25.1 Å². The zero-order chi connectivity index (χ0) is 11.5. The van der Waals surface area contributed by atoms with Crippen molar-refractivity contribution in [2.75, 3.05) is 20.3 Å². The molecule has 86 valence electrons. The Balaban J connectivity index is 2.33. The lowest BCUT2D eigenvalue weighted by molar-refractivity contribution is -0.142. The normalized spacial score (nSPS) is 17.5. The Kier molecular flexibility index (Phi) is 2.99. The largest absolute Gasteiger partial charge is 0.490 e. The SMILES string of the molecule is CCOc1cccc2c1OCC2C(=O)OC. The van der Waals surface area contributed by atoms with Crippen LogP contribution in [0.1, 0.15) is 18.4 Å². The minimum Gasteiger partial charge on any atom is -0.490 e. The van der Waals surface area contributed by atoms with E-state index in [9.17, 15) is 4.79 Å². The van der Waals surface area contributed by atoms with Gasteiger partial charge in [0.1, 0.15) is 12.5 Å². The van der Waals surface area contributed by atoms with Crippen molar-refractivity contribution in [3.05, 3.63) is 23.8 Å². The van der Waals surface area contributed by atoms with Crippen molar-refractivity contribution in [1.29, 1.82) is 0 Å². The number of methoxy groups -OCH3 is 1. The molecule has 16 heavy (non-hydrogen) atoms. The molecule has 1 aliphatic heterocycles. The summed E-state index contributed by atoms with van der Waals surface area (Å²) in [6, 6.07) is 5.56. The highest BCUT2D eigenvalue weighted by Crippen LogP contribution is 2.41. The Hall–Kier alpha value is -1.71. The summed E-state index contributed by atoms with van der Waals surface area (Å²) in [6.45, 7) is 2.81. The molecular formula is C12H14O4. The van der Waals surface area contributed by atoms with Crippen LogP contribution in [-0.4, -0.2) is 26.3 Å². The lowest BCUT2D eigenvalue weighted by Crippen LogP contribution is -2.15. The van der Waals surface area contributed by atoms with Gasteiger partial charge < -0.3 is 14.2 Å². The van der Waals surface area contributed by atoms with E-state index in [2.05, 4.69) is 0 Å². The fourth-order valence-corrected chi connectivity index (χ4v) is 1.82. The summed E-state index contributed by atoms with van der Waals surface area (Å²) < 4.78 is 15.7. The van der Waals surface area contributed by atoms with Gasteiger partial charge in [0.2, 0.25) is 0 Å². The summed E-state index contributed by atoms with van der Waals surface area (Å²) in [5.41, 5.74) is 0.845. The monoisotopic (exact) mass is 222 g/mol. The van der Waals surface area contributed by atoms with Crippen LogP contribution in [0.25, 0.3) is 0 Å². The summed E-state index contributed by atoms with van der Waals surface area (Å²) in [7, 11) is 1.38. The highest BCUT2D eigenvalue weighted by molar-refractivity contribution is 5.81. The molecule has 0 N–H and O–H groups in total. The number of para-hydroxylation sites is 1. The fourth-order valence-electron chi connectivity index (χ4n) is 1.82. The van der Waals surface area contributed by atoms with Gasteiger partial charge in [-0.05, 0) is 13.0 Å². The first kappa shape index (κ1) is 10.8. The molecule has 1 atom stereocenters. The summed E-state index contributed by atoms with van der Waals surface area (Å²) in [5.74, 6) is 0.749. The minimum atomic E-state index is -0.333. The molecule has 0 spiro atoms. The molecule has 2 rings (SSSR count). The minimum absolute atomic E-state index is 0.271. The second-order valence-electron chi connectivity index (χ2n) is 3.49. The fraction of sp³-hybridized carbons (Fsp3) is 0.417. The predicted molar refractivity (Wildman–Crippen MR) is 57.9 cm³/mol. The van der Waals surface area contributed by atoms with E-state index in [-0.39, 0.29) is 11.9 Å². The maximum absolute atomic E-state index is 11.5. The highest BCUT2D eigenvalue weighted by atomic mass is 16.5. The van der Waals surface area contributed by atoms with Crippen LogP contribution in [0.15, 0.2) is 18.2 Å². The second-order valence-corrected chi connectivity index (χ2v) is 3.49. The molecule has 1 aliphatic rings. The summed E-state index contributed by atoms with van der Waals surface area (Å²) in [5, 5.41) is 0. The van der Waals surface area contributed by atoms with Gasteiger partial charge in [0.15, 0.2) is 11.5 Å². The van der Waals surface area contributed by atoms with Gasteiger partial charge in [-0.2, -0.15) is 0 Å². The Bertz CT molecular complexity index is 400. The first-order valence-corrected chi connectivity index (χ1v) is 5.24. The van der Waals surface area contributed by atoms with Crippen LogP contribution in [-0.2, 0) is 9.53 Å². The summed E-state index contributed by atoms with van der Waals surface area (Å²) in [4.78, 5) is 11.5. The van der Waals surface area contributed by atoms with E-state index in [1.54, 1.807) is 0 Å². The number of hydrogen-bond acceptors (Lipinski definition) is 4. The summed E-state index contributed by atoms with van der Waals surface area (Å²) in [6.07, 6.45) is 0. The quantitative estimate of drug-likeness (QED) is 0.731. The van der Waals surface area contributed by atoms with Crippen LogP contribution in [0, 0.1) is 0 Å². The standard InChI is InChI=1S/C12H14O4/c1-3-15-10-6-4-5-8-9(12(13)14-2)7-16-11(8)10/h4-6,9H,3,7H2,1-2H3. The van der Waals surface area contributed by atoms with E-state index >= 15 is 0 Å². The van der Waals surface area contributed by atoms with Crippen molar-refractivity contribution < 1.29 is 19.0 Å². The molecule has 4 nitrogen and oxygen atoms in total. The molecule has 1 aromatic carbocycles. The smallest absolute Gasteiger partial charge is 0.316 e. The number of hydrogen-bond donors (Lipinski definition) is 0. The van der Waals surface area contributed by atoms with Gasteiger partial charge >= 0.3 is 5.97 Å². The summed E-state index contributed by atoms with van der Waals surface area (Å²) >= 11 is 0. The van der Waals surface area contributed by atoms with Crippen LogP contribution in [0.2, 0.25) is 0 Å². The van der Waals surface area contributed by atoms with Gasteiger partial charge in [-0.3, -0.25) is 4.79 Å². The molecule has 0 saturated carbocycles. The topological polar surface area (TPSA) is 44.8 Å². The first-order chi connectivity index (χ1) is 7.77. The second kappa shape index (κ2) is 4.43. The van der Waals surface area contributed by atoms with Gasteiger partial charge in [-0.25, -0.2) is 0 Å². The van der Waals surface area contributed by atoms with Crippen molar-refractivity contribution in [2.45, 2.75) is 12.8 Å². The average molecular weight is 222 g/mol. The molecule has 1 aromatic rings. The van der Waals surface area contributed by atoms with Crippen molar-refractivity contribution >= 4 is 5.97 Å². The molecule has 0 aromatic heterocycles. The van der Waals surface area contributed by atoms with Gasteiger partial charge in [-0.1, -0.05) is 12.1 Å². The molecule has 4 heteroatoms. The zero-order valence-corrected chi connectivity index (χ0v) is 9.36. The van der Waals surface area contributed by atoms with Gasteiger partial charge in [0.05, 0.1) is 13.7 Å². The first-order valence-electron chi connectivity index (χ1n) is 5.24. The van der Waals surface area contributed by atoms with Crippen LogP contribution >= 0.6 is 0 Å². The number of ether oxygens (including phenoxy) is 3. The van der Waals surface area contributed by atoms with E-state index in [4.69, 9.17) is 14.2 Å². The number of esters is 1. The molecule has 1 heterocycles. The molecular weight excluding hydrogens is 208 g/mol. The lowest BCUT2D eigenvalue weighted by Gasteiger charge is -2.08. The Morgan fingerprint density at radius 1 is 1.56 bits per heavy atom. The number of benzene rings is 1. The van der Waals surface area contributed by atoms with E-state index < -0.39 is 0 Å². The maximum atomic E-state index is 11.5. The van der Waals surface area contributed by atoms with Gasteiger partial charge in [0.25, 0.3) is 0 Å². The van der Waals surface area contributed by atoms with Gasteiger partial charge in [0, 0.05) is 5.56 Å². The van der Waals surface area contributed by atoms with Gasteiger partial charge in [-0.15, -0.1) is 0 Å². The maximum Gasteiger partial charge on any atom is 0.316 e. The van der Waals surface area contributed by atoms with E-state index in [0.29, 0.717) is 24.7 Å². The molecule has 0 fully saturated rings. The van der Waals surface area contributed by atoms with Crippen molar-refractivity contribution in [3.63, 3.8) is 0 Å². The molecule has 0 amide bonds. The zero-order valence-electron chi connectivity index (χ0n) is 9.36. The van der Waals surface area contributed by atoms with Crippen LogP contribution in [0.3, 0.4) is 0 Å². The van der Waals surface area contributed by atoms with Crippen LogP contribution in [0.5, 0.6) is 11.5 Å². The molecule has 1 unspecified atom stereocenters. The number of rotatable bonds is 3. The van der Waals surface area contributed by atoms with Crippen LogP contribution < -0.4 is 9.47 Å². The van der Waals surface area contributed by atoms with Crippen molar-refractivity contribution in [3.8, 4) is 11.5 Å². The average Bonchev–Trinajstić information content (AvgIpc) is 2.73. The van der Waals surface area contributed by atoms with Crippen molar-refractivity contribution in [2.24, 2.45) is 0 Å². The molecule has 0 bridgehead atoms. The third-order valence-electron chi connectivity index (χ3n) is 2.56. The Morgan fingerprint density at radius 3 is 3.06 bits per heavy atom. The van der Waals surface area contributed by atoms with E-state index in [0.717, 1.165) is 5.56 Å². The Labute approximate surface area is 94.1 Å². The number of fused-ring (bicyclic) bond motifs is 1.